The number of fused-ring (bicyclic) bond motifs is 1. The largest absolute Gasteiger partial charge is 0.463 e. The Hall–Kier alpha value is -3.66. The lowest BCUT2D eigenvalue weighted by Gasteiger charge is -2.37. The van der Waals surface area contributed by atoms with Crippen LogP contribution in [-0.2, 0) is 14.3 Å². The van der Waals surface area contributed by atoms with Crippen LogP contribution in [-0.4, -0.2) is 101 Å². The molecule has 4 aliphatic rings. The van der Waals surface area contributed by atoms with Crippen LogP contribution in [0.25, 0.3) is 6.08 Å². The summed E-state index contributed by atoms with van der Waals surface area (Å²) in [5.41, 5.74) is 3.36. The van der Waals surface area contributed by atoms with Crippen LogP contribution in [0.1, 0.15) is 56.0 Å². The summed E-state index contributed by atoms with van der Waals surface area (Å²) in [6.45, 7) is 9.11. The summed E-state index contributed by atoms with van der Waals surface area (Å²) >= 11 is 0. The molecule has 41 heavy (non-hydrogen) atoms. The van der Waals surface area contributed by atoms with Crippen LogP contribution in [0.3, 0.4) is 0 Å². The number of rotatable bonds is 5. The number of hydrogen-bond acceptors (Lipinski definition) is 5. The van der Waals surface area contributed by atoms with Crippen LogP contribution in [0.5, 0.6) is 0 Å². The van der Waals surface area contributed by atoms with Crippen molar-refractivity contribution in [2.45, 2.75) is 52.0 Å². The average Bonchev–Trinajstić information content (AvgIpc) is 3.35. The summed E-state index contributed by atoms with van der Waals surface area (Å²) in [6, 6.07) is 5.80. The zero-order valence-corrected chi connectivity index (χ0v) is 23.9. The number of halogens is 2. The molecular weight excluding hydrogens is 530 g/mol. The molecule has 10 heteroatoms. The highest BCUT2D eigenvalue weighted by molar-refractivity contribution is 6.07. The first-order valence-electron chi connectivity index (χ1n) is 14.3. The monoisotopic (exact) mass is 567 g/mol. The molecule has 3 aliphatic heterocycles. The minimum absolute atomic E-state index is 0.0431. The third-order valence-electron chi connectivity index (χ3n) is 8.16. The lowest BCUT2D eigenvalue weighted by molar-refractivity contribution is -0.374. The van der Waals surface area contributed by atoms with Crippen molar-refractivity contribution in [1.29, 1.82) is 0 Å². The Bertz CT molecular complexity index is 1360. The Morgan fingerprint density at radius 2 is 1.68 bits per heavy atom. The predicted octanol–water partition coefficient (Wildman–Crippen LogP) is 4.00. The fourth-order valence-corrected chi connectivity index (χ4v) is 5.74. The Balaban J connectivity index is 1.47. The molecule has 0 N–H and O–H groups in total. The maximum absolute atomic E-state index is 13.9. The number of amides is 2. The predicted molar refractivity (Wildman–Crippen MR) is 151 cm³/mol. The molecule has 1 aromatic rings. The van der Waals surface area contributed by atoms with Gasteiger partial charge in [-0.05, 0) is 32.9 Å². The number of likely N-dealkylation sites (tertiary alicyclic amines) is 1. The summed E-state index contributed by atoms with van der Waals surface area (Å²) < 4.78 is 34.7. The second-order valence-electron chi connectivity index (χ2n) is 11.1. The number of piperazine rings is 1. The molecular formula is C31H37F2N4O4+. The van der Waals surface area contributed by atoms with Crippen LogP contribution in [0, 0.1) is 0 Å². The molecule has 1 aromatic carbocycles. The van der Waals surface area contributed by atoms with Crippen LogP contribution in [0.15, 0.2) is 47.7 Å². The van der Waals surface area contributed by atoms with Gasteiger partial charge in [0.25, 0.3) is 17.5 Å². The van der Waals surface area contributed by atoms with Gasteiger partial charge in [0.2, 0.25) is 5.69 Å². The first kappa shape index (κ1) is 28.9. The number of ether oxygens (including phenoxy) is 1. The number of allylic oxidation sites excluding steroid dienone is 3. The molecule has 218 valence electrons. The van der Waals surface area contributed by atoms with E-state index in [0.29, 0.717) is 52.9 Å². The van der Waals surface area contributed by atoms with Gasteiger partial charge in [-0.25, -0.2) is 13.6 Å². The van der Waals surface area contributed by atoms with E-state index in [1.807, 2.05) is 17.0 Å². The van der Waals surface area contributed by atoms with Crippen LogP contribution in [0.4, 0.5) is 14.5 Å². The van der Waals surface area contributed by atoms with Crippen LogP contribution >= 0.6 is 0 Å². The standard InChI is InChI=1S/C31H37F2N4O4/c1-4-41-30(40)23-6-5-7-25(19-23)37-26-9-8-22(28(38)36-16-14-34(15-17-36)21(2)3)18-24(26)20-27(37)29(39)35-12-10-31(32,33)11-13-35/h5-9,18,20-21H,4,10-17,19H2,1-3H3/q+1. The summed E-state index contributed by atoms with van der Waals surface area (Å²) in [6.07, 6.45) is 6.45. The van der Waals surface area contributed by atoms with Crippen molar-refractivity contribution in [3.8, 4) is 0 Å². The summed E-state index contributed by atoms with van der Waals surface area (Å²) in [5.74, 6) is -3.63. The Kier molecular flexibility index (Phi) is 8.22. The highest BCUT2D eigenvalue weighted by atomic mass is 19.3. The highest BCUT2D eigenvalue weighted by Gasteiger charge is 2.42. The fraction of sp³-hybridized carbons (Fsp3) is 0.484. The molecule has 2 amide bonds. The zero-order chi connectivity index (χ0) is 29.3. The smallest absolute Gasteiger partial charge is 0.334 e. The molecule has 0 spiro atoms. The van der Waals surface area contributed by atoms with E-state index in [1.54, 1.807) is 41.9 Å². The molecule has 2 saturated heterocycles. The van der Waals surface area contributed by atoms with E-state index in [2.05, 4.69) is 18.7 Å². The van der Waals surface area contributed by atoms with Crippen molar-refractivity contribution in [1.82, 2.24) is 14.7 Å². The third kappa shape index (κ3) is 6.02. The maximum Gasteiger partial charge on any atom is 0.334 e. The molecule has 3 heterocycles. The van der Waals surface area contributed by atoms with Crippen molar-refractivity contribution < 1.29 is 32.5 Å². The van der Waals surface area contributed by atoms with Gasteiger partial charge in [-0.15, -0.1) is 0 Å². The van der Waals surface area contributed by atoms with Gasteiger partial charge >= 0.3 is 11.9 Å². The molecule has 0 atom stereocenters. The Morgan fingerprint density at radius 3 is 2.34 bits per heavy atom. The molecule has 5 rings (SSSR count). The number of benzene rings is 1. The van der Waals surface area contributed by atoms with Gasteiger partial charge in [0, 0.05) is 87.5 Å². The summed E-state index contributed by atoms with van der Waals surface area (Å²) in [4.78, 5) is 45.3. The molecule has 0 aromatic heterocycles. The molecule has 0 radical (unpaired) electrons. The van der Waals surface area contributed by atoms with Crippen molar-refractivity contribution in [2.75, 3.05) is 45.9 Å². The second kappa shape index (κ2) is 11.7. The summed E-state index contributed by atoms with van der Waals surface area (Å²) in [5, 5.41) is 0. The molecule has 1 aliphatic carbocycles. The number of esters is 1. The van der Waals surface area contributed by atoms with E-state index in [0.717, 1.165) is 13.1 Å². The van der Waals surface area contributed by atoms with Gasteiger partial charge in [0.05, 0.1) is 18.6 Å². The first-order chi connectivity index (χ1) is 19.6. The van der Waals surface area contributed by atoms with Crippen molar-refractivity contribution in [3.63, 3.8) is 0 Å². The lowest BCUT2D eigenvalue weighted by atomic mass is 10.0. The van der Waals surface area contributed by atoms with E-state index in [-0.39, 0.29) is 50.8 Å². The molecule has 0 unspecified atom stereocenters. The van der Waals surface area contributed by atoms with E-state index >= 15 is 0 Å². The number of carbonyl (C=O) groups is 3. The summed E-state index contributed by atoms with van der Waals surface area (Å²) in [7, 11) is 0. The number of hydrogen-bond donors (Lipinski definition) is 0. The van der Waals surface area contributed by atoms with Crippen molar-refractivity contribution in [3.05, 3.63) is 58.8 Å². The first-order valence-corrected chi connectivity index (χ1v) is 14.3. The second-order valence-corrected chi connectivity index (χ2v) is 11.1. The Morgan fingerprint density at radius 1 is 1.00 bits per heavy atom. The van der Waals surface area contributed by atoms with Crippen LogP contribution in [0.2, 0.25) is 0 Å². The average molecular weight is 568 g/mol. The van der Waals surface area contributed by atoms with Crippen LogP contribution < -0.4 is 0 Å². The quantitative estimate of drug-likeness (QED) is 0.398. The normalized spacial score (nSPS) is 22.4. The topological polar surface area (TPSA) is 73.2 Å². The van der Waals surface area contributed by atoms with Crippen molar-refractivity contribution in [2.24, 2.45) is 0 Å². The third-order valence-corrected chi connectivity index (χ3v) is 8.16. The number of alkyl halides is 2. The van der Waals surface area contributed by atoms with Gasteiger partial charge in [-0.1, -0.05) is 12.2 Å². The van der Waals surface area contributed by atoms with E-state index in [1.165, 1.54) is 4.90 Å². The molecule has 0 saturated carbocycles. The fourth-order valence-electron chi connectivity index (χ4n) is 5.74. The van der Waals surface area contributed by atoms with E-state index in [4.69, 9.17) is 4.74 Å². The van der Waals surface area contributed by atoms with Gasteiger partial charge in [-0.3, -0.25) is 14.5 Å². The van der Waals surface area contributed by atoms with E-state index in [9.17, 15) is 23.2 Å². The minimum atomic E-state index is -2.78. The van der Waals surface area contributed by atoms with Crippen molar-refractivity contribution >= 4 is 35.3 Å². The maximum atomic E-state index is 13.9. The SMILES string of the molecule is CCOC(=O)C1=CC=CC(=[N+]2C(C(=O)N3CCC(F)(F)CC3)=Cc3cc(C(=O)N4CCN(C(C)C)CC4)ccc32)C1. The lowest BCUT2D eigenvalue weighted by Crippen LogP contribution is -2.50. The van der Waals surface area contributed by atoms with Gasteiger partial charge in [0.15, 0.2) is 5.71 Å². The van der Waals surface area contributed by atoms with Gasteiger partial charge in [-0.2, -0.15) is 4.58 Å². The number of nitrogens with zero attached hydrogens (tertiary/aromatic N) is 4. The Labute approximate surface area is 239 Å². The zero-order valence-electron chi connectivity index (χ0n) is 23.9. The highest BCUT2D eigenvalue weighted by Crippen LogP contribution is 2.36. The van der Waals surface area contributed by atoms with E-state index < -0.39 is 11.9 Å². The molecule has 8 nitrogen and oxygen atoms in total. The number of carbonyl (C=O) groups excluding carboxylic acids is 3. The molecule has 0 bridgehead atoms. The number of piperidine rings is 1. The van der Waals surface area contributed by atoms with Gasteiger partial charge < -0.3 is 14.5 Å². The van der Waals surface area contributed by atoms with Gasteiger partial charge in [0.1, 0.15) is 0 Å². The molecule has 2 fully saturated rings. The minimum Gasteiger partial charge on any atom is -0.463 e.